The van der Waals surface area contributed by atoms with Gasteiger partial charge in [0.25, 0.3) is 0 Å². The number of fused-ring (bicyclic) bond motifs is 3. The third kappa shape index (κ3) is 3.33. The summed E-state index contributed by atoms with van der Waals surface area (Å²) < 4.78 is 0. The fraction of sp³-hybridized carbons (Fsp3) is 0.250. The van der Waals surface area contributed by atoms with E-state index in [1.165, 1.54) is 11.0 Å². The molecule has 2 aromatic rings. The van der Waals surface area contributed by atoms with E-state index in [1.807, 2.05) is 24.3 Å². The zero-order chi connectivity index (χ0) is 26.9. The number of allylic oxidation sites excluding steroid dienone is 6. The van der Waals surface area contributed by atoms with Crippen LogP contribution in [0.2, 0.25) is 0 Å². The van der Waals surface area contributed by atoms with Gasteiger partial charge < -0.3 is 5.11 Å². The first kappa shape index (κ1) is 24.0. The van der Waals surface area contributed by atoms with E-state index in [2.05, 4.69) is 6.58 Å². The van der Waals surface area contributed by atoms with E-state index in [1.54, 1.807) is 44.2 Å². The van der Waals surface area contributed by atoms with Gasteiger partial charge in [0, 0.05) is 28.2 Å². The summed E-state index contributed by atoms with van der Waals surface area (Å²) in [6, 6.07) is 12.5. The molecule has 0 bridgehead atoms. The molecule has 0 radical (unpaired) electrons. The highest BCUT2D eigenvalue weighted by Gasteiger charge is 2.56. The van der Waals surface area contributed by atoms with Gasteiger partial charge in [-0.2, -0.15) is 0 Å². The highest BCUT2D eigenvalue weighted by atomic mass is 16.3. The third-order valence-electron chi connectivity index (χ3n) is 8.53. The third-order valence-corrected chi connectivity index (χ3v) is 8.53. The van der Waals surface area contributed by atoms with Gasteiger partial charge in [0.15, 0.2) is 11.6 Å². The number of aryl methyl sites for hydroxylation is 1. The number of ketones is 2. The Balaban J connectivity index is 1.49. The maximum absolute atomic E-state index is 13.9. The minimum absolute atomic E-state index is 0.0678. The van der Waals surface area contributed by atoms with Crippen molar-refractivity contribution in [3.05, 3.63) is 100 Å². The van der Waals surface area contributed by atoms with Crippen molar-refractivity contribution in [1.82, 2.24) is 0 Å². The second-order valence-electron chi connectivity index (χ2n) is 10.5. The van der Waals surface area contributed by atoms with Gasteiger partial charge in [-0.1, -0.05) is 54.6 Å². The van der Waals surface area contributed by atoms with E-state index in [9.17, 15) is 24.3 Å². The molecule has 190 valence electrons. The van der Waals surface area contributed by atoms with E-state index in [0.29, 0.717) is 40.0 Å². The Labute approximate surface area is 220 Å². The number of imide groups is 1. The van der Waals surface area contributed by atoms with Crippen LogP contribution in [0.4, 0.5) is 5.69 Å². The number of anilines is 1. The van der Waals surface area contributed by atoms with Gasteiger partial charge in [0.1, 0.15) is 5.75 Å². The number of phenols is 1. The number of hydrogen-bond donors (Lipinski definition) is 1. The number of nitrogens with zero attached hydrogens (tertiary/aromatic N) is 1. The summed E-state index contributed by atoms with van der Waals surface area (Å²) in [5.74, 6) is -3.23. The average molecular weight is 506 g/mol. The molecule has 4 aliphatic rings. The van der Waals surface area contributed by atoms with Crippen LogP contribution in [-0.2, 0) is 19.2 Å². The lowest BCUT2D eigenvalue weighted by atomic mass is 9.59. The lowest BCUT2D eigenvalue weighted by molar-refractivity contribution is -0.123. The van der Waals surface area contributed by atoms with Crippen LogP contribution in [0.15, 0.2) is 83.5 Å². The van der Waals surface area contributed by atoms with Crippen molar-refractivity contribution in [3.63, 3.8) is 0 Å². The standard InChI is InChI=1S/C32H27NO5/c1-4-18-8-10-19(11-9-18)33-31(37)22-13-12-20-23(27(22)32(33)38)15-24-25(34)14-17(3)30(36)28(24)26(20)21-7-5-6-16(2)29(21)35/h4-12,14,22-23,26-27,35H,1,13,15H2,2-3H3. The molecule has 2 aromatic carbocycles. The van der Waals surface area contributed by atoms with Gasteiger partial charge in [-0.25, -0.2) is 0 Å². The minimum atomic E-state index is -0.659. The molecule has 2 amide bonds. The molecule has 1 aliphatic heterocycles. The van der Waals surface area contributed by atoms with Gasteiger partial charge in [-0.3, -0.25) is 24.1 Å². The predicted octanol–water partition coefficient (Wildman–Crippen LogP) is 4.98. The van der Waals surface area contributed by atoms with Crippen LogP contribution in [0.5, 0.6) is 5.75 Å². The quantitative estimate of drug-likeness (QED) is 0.361. The number of aromatic hydroxyl groups is 1. The van der Waals surface area contributed by atoms with E-state index >= 15 is 0 Å². The van der Waals surface area contributed by atoms with Crippen molar-refractivity contribution in [2.75, 3.05) is 4.90 Å². The van der Waals surface area contributed by atoms with Crippen LogP contribution in [0.1, 0.15) is 42.4 Å². The Bertz CT molecular complexity index is 1550. The maximum Gasteiger partial charge on any atom is 0.238 e. The van der Waals surface area contributed by atoms with Crippen LogP contribution in [-0.4, -0.2) is 28.5 Å². The lowest BCUT2D eigenvalue weighted by Gasteiger charge is -2.42. The second kappa shape index (κ2) is 8.62. The lowest BCUT2D eigenvalue weighted by Crippen LogP contribution is -2.39. The number of amides is 2. The zero-order valence-electron chi connectivity index (χ0n) is 21.2. The highest BCUT2D eigenvalue weighted by Crippen LogP contribution is 2.56. The normalized spacial score (nSPS) is 26.5. The Hall–Kier alpha value is -4.32. The van der Waals surface area contributed by atoms with Gasteiger partial charge in [-0.15, -0.1) is 0 Å². The molecule has 1 N–H and O–H groups in total. The molecule has 0 saturated carbocycles. The molecule has 6 rings (SSSR count). The smallest absolute Gasteiger partial charge is 0.238 e. The summed E-state index contributed by atoms with van der Waals surface area (Å²) in [5, 5.41) is 11.1. The molecule has 6 nitrogen and oxygen atoms in total. The Kier molecular flexibility index (Phi) is 5.45. The molecule has 1 saturated heterocycles. The van der Waals surface area contributed by atoms with E-state index in [0.717, 1.165) is 11.1 Å². The molecule has 0 spiro atoms. The summed E-state index contributed by atoms with van der Waals surface area (Å²) in [7, 11) is 0. The van der Waals surface area contributed by atoms with E-state index in [4.69, 9.17) is 0 Å². The number of para-hydroxylation sites is 1. The summed E-state index contributed by atoms with van der Waals surface area (Å²) >= 11 is 0. The molecular formula is C32H27NO5. The fourth-order valence-corrected chi connectivity index (χ4v) is 6.65. The van der Waals surface area contributed by atoms with Crippen LogP contribution in [0.3, 0.4) is 0 Å². The molecule has 1 heterocycles. The van der Waals surface area contributed by atoms with E-state index in [-0.39, 0.29) is 35.6 Å². The molecule has 4 unspecified atom stereocenters. The van der Waals surface area contributed by atoms with Crippen molar-refractivity contribution >= 4 is 35.1 Å². The van der Waals surface area contributed by atoms with Crippen molar-refractivity contribution in [2.24, 2.45) is 17.8 Å². The summed E-state index contributed by atoms with van der Waals surface area (Å²) in [6.07, 6.45) is 5.58. The first-order chi connectivity index (χ1) is 18.2. The number of Topliss-reactive ketones (excluding diaryl/α,β-unsaturated/α-hetero) is 1. The maximum atomic E-state index is 13.9. The summed E-state index contributed by atoms with van der Waals surface area (Å²) in [6.45, 7) is 7.17. The number of carbonyl (C=O) groups excluding carboxylic acids is 4. The molecule has 0 aromatic heterocycles. The summed E-state index contributed by atoms with van der Waals surface area (Å²) in [4.78, 5) is 55.4. The first-order valence-corrected chi connectivity index (χ1v) is 12.8. The highest BCUT2D eigenvalue weighted by molar-refractivity contribution is 6.25. The Morgan fingerprint density at radius 2 is 1.71 bits per heavy atom. The number of carbonyl (C=O) groups is 4. The number of hydrogen-bond acceptors (Lipinski definition) is 5. The number of phenolic OH excluding ortho intramolecular Hbond substituents is 1. The molecule has 3 aliphatic carbocycles. The SMILES string of the molecule is C=Cc1ccc(N2C(=O)C3CC=C4C(c5cccc(C)c5O)C5=C(CC4C3C2=O)C(=O)C=C(C)C5=O)cc1. The molecule has 1 fully saturated rings. The van der Waals surface area contributed by atoms with Crippen molar-refractivity contribution in [1.29, 1.82) is 0 Å². The molecule has 4 atom stereocenters. The number of benzene rings is 2. The monoisotopic (exact) mass is 505 g/mol. The van der Waals surface area contributed by atoms with Gasteiger partial charge >= 0.3 is 0 Å². The van der Waals surface area contributed by atoms with Crippen LogP contribution in [0.25, 0.3) is 6.08 Å². The first-order valence-electron chi connectivity index (χ1n) is 12.8. The molecule has 6 heteroatoms. The van der Waals surface area contributed by atoms with Gasteiger partial charge in [-0.05, 0) is 61.9 Å². The largest absolute Gasteiger partial charge is 0.507 e. The average Bonchev–Trinajstić information content (AvgIpc) is 3.17. The van der Waals surface area contributed by atoms with E-state index < -0.39 is 23.7 Å². The zero-order valence-corrected chi connectivity index (χ0v) is 21.2. The Morgan fingerprint density at radius 1 is 0.974 bits per heavy atom. The fourth-order valence-electron chi connectivity index (χ4n) is 6.65. The summed E-state index contributed by atoms with van der Waals surface area (Å²) in [5.41, 5.74) is 4.53. The van der Waals surface area contributed by atoms with Crippen LogP contribution < -0.4 is 4.90 Å². The molecular weight excluding hydrogens is 478 g/mol. The predicted molar refractivity (Wildman–Crippen MR) is 143 cm³/mol. The minimum Gasteiger partial charge on any atom is -0.507 e. The van der Waals surface area contributed by atoms with Crippen molar-refractivity contribution < 1.29 is 24.3 Å². The Morgan fingerprint density at radius 3 is 2.42 bits per heavy atom. The van der Waals surface area contributed by atoms with Crippen LogP contribution >= 0.6 is 0 Å². The number of rotatable bonds is 3. The second-order valence-corrected chi connectivity index (χ2v) is 10.5. The molecule has 38 heavy (non-hydrogen) atoms. The van der Waals surface area contributed by atoms with Gasteiger partial charge in [0.05, 0.1) is 17.5 Å². The van der Waals surface area contributed by atoms with Crippen LogP contribution in [0, 0.1) is 24.7 Å². The topological polar surface area (TPSA) is 91.8 Å². The van der Waals surface area contributed by atoms with Crippen molar-refractivity contribution in [3.8, 4) is 5.75 Å². The van der Waals surface area contributed by atoms with Crippen molar-refractivity contribution in [2.45, 2.75) is 32.6 Å². The van der Waals surface area contributed by atoms with Gasteiger partial charge in [0.2, 0.25) is 11.8 Å².